The van der Waals surface area contributed by atoms with Crippen LogP contribution in [0.4, 0.5) is 0 Å². The van der Waals surface area contributed by atoms with Crippen molar-refractivity contribution in [2.24, 2.45) is 5.92 Å². The zero-order chi connectivity index (χ0) is 10.9. The van der Waals surface area contributed by atoms with Crippen molar-refractivity contribution < 1.29 is 9.59 Å². The lowest BCUT2D eigenvalue weighted by Crippen LogP contribution is -2.36. The van der Waals surface area contributed by atoms with E-state index in [9.17, 15) is 9.59 Å². The van der Waals surface area contributed by atoms with Crippen LogP contribution >= 0.6 is 11.8 Å². The minimum absolute atomic E-state index is 0.0128. The summed E-state index contributed by atoms with van der Waals surface area (Å²) in [6.07, 6.45) is 4.81. The van der Waals surface area contributed by atoms with Crippen molar-refractivity contribution in [1.82, 2.24) is 10.6 Å². The number of carbonyl (C=O) groups excluding carboxylic acids is 2. The van der Waals surface area contributed by atoms with Crippen molar-refractivity contribution in [1.29, 1.82) is 0 Å². The third-order valence-electron chi connectivity index (χ3n) is 3.17. The largest absolute Gasteiger partial charge is 0.355 e. The molecule has 0 aromatic rings. The smallest absolute Gasteiger partial charge is 0.225 e. The first-order valence-corrected chi connectivity index (χ1v) is 6.47. The zero-order valence-electron chi connectivity index (χ0n) is 8.84. The van der Waals surface area contributed by atoms with Gasteiger partial charge in [0.1, 0.15) is 0 Å². The Labute approximate surface area is 93.6 Å². The first-order chi connectivity index (χ1) is 7.15. The van der Waals surface area contributed by atoms with Crippen LogP contribution in [0.25, 0.3) is 0 Å². The predicted octanol–water partition coefficient (Wildman–Crippen LogP) is 0.134. The molecule has 2 aliphatic rings. The molecule has 1 unspecified atom stereocenters. The molecule has 1 aliphatic carbocycles. The predicted molar refractivity (Wildman–Crippen MR) is 59.6 cm³/mol. The van der Waals surface area contributed by atoms with Crippen molar-refractivity contribution in [3.63, 3.8) is 0 Å². The van der Waals surface area contributed by atoms with Gasteiger partial charge in [-0.05, 0) is 19.1 Å². The van der Waals surface area contributed by atoms with Crippen LogP contribution in [0.5, 0.6) is 0 Å². The number of hydrogen-bond donors (Lipinski definition) is 2. The van der Waals surface area contributed by atoms with E-state index >= 15 is 0 Å². The molecular formula is C10H16N2O2S. The van der Waals surface area contributed by atoms with Gasteiger partial charge < -0.3 is 10.6 Å². The van der Waals surface area contributed by atoms with Crippen LogP contribution in [-0.2, 0) is 9.59 Å². The second-order valence-electron chi connectivity index (χ2n) is 4.31. The summed E-state index contributed by atoms with van der Waals surface area (Å²) in [5.74, 6) is -0.148. The van der Waals surface area contributed by atoms with Gasteiger partial charge in [-0.15, -0.1) is 0 Å². The second kappa shape index (κ2) is 4.04. The highest BCUT2D eigenvalue weighted by molar-refractivity contribution is 8.00. The highest BCUT2D eigenvalue weighted by atomic mass is 32.2. The summed E-state index contributed by atoms with van der Waals surface area (Å²) in [7, 11) is 0. The summed E-state index contributed by atoms with van der Waals surface area (Å²) in [6, 6.07) is 0. The lowest BCUT2D eigenvalue weighted by molar-refractivity contribution is -0.126. The summed E-state index contributed by atoms with van der Waals surface area (Å²) in [6.45, 7) is 1.24. The molecular weight excluding hydrogens is 212 g/mol. The van der Waals surface area contributed by atoms with Crippen LogP contribution in [0, 0.1) is 5.92 Å². The third-order valence-corrected chi connectivity index (χ3v) is 4.59. The quantitative estimate of drug-likeness (QED) is 0.719. The number of carbonyl (C=O) groups is 2. The molecule has 1 heterocycles. The summed E-state index contributed by atoms with van der Waals surface area (Å²) < 4.78 is 0.297. The molecule has 0 aromatic carbocycles. The highest BCUT2D eigenvalue weighted by Crippen LogP contribution is 2.46. The van der Waals surface area contributed by atoms with E-state index in [0.717, 1.165) is 6.54 Å². The maximum Gasteiger partial charge on any atom is 0.225 e. The molecule has 1 saturated heterocycles. The van der Waals surface area contributed by atoms with Gasteiger partial charge in [0.05, 0.1) is 5.92 Å². The summed E-state index contributed by atoms with van der Waals surface area (Å²) in [5, 5.41) is 5.62. The Hall–Kier alpha value is -0.710. The van der Waals surface area contributed by atoms with Gasteiger partial charge in [0, 0.05) is 24.3 Å². The van der Waals surface area contributed by atoms with Gasteiger partial charge in [-0.3, -0.25) is 9.59 Å². The van der Waals surface area contributed by atoms with E-state index in [1.165, 1.54) is 12.8 Å². The molecule has 2 fully saturated rings. The Morgan fingerprint density at radius 1 is 1.67 bits per heavy atom. The molecule has 1 atom stereocenters. The molecule has 0 spiro atoms. The van der Waals surface area contributed by atoms with Crippen LogP contribution in [0.15, 0.2) is 0 Å². The SMILES string of the molecule is CSC1(CNC(=O)C2CNC(=O)C2)CC1. The van der Waals surface area contributed by atoms with Gasteiger partial charge in [-0.1, -0.05) is 0 Å². The fourth-order valence-corrected chi connectivity index (χ4v) is 2.50. The van der Waals surface area contributed by atoms with Gasteiger partial charge in [0.15, 0.2) is 0 Å². The standard InChI is InChI=1S/C10H16N2O2S/c1-15-10(2-3-10)6-12-9(14)7-4-8(13)11-5-7/h7H,2-6H2,1H3,(H,11,13)(H,12,14). The topological polar surface area (TPSA) is 58.2 Å². The van der Waals surface area contributed by atoms with Crippen LogP contribution < -0.4 is 10.6 Å². The molecule has 84 valence electrons. The molecule has 15 heavy (non-hydrogen) atoms. The summed E-state index contributed by atoms with van der Waals surface area (Å²) in [4.78, 5) is 22.6. The minimum Gasteiger partial charge on any atom is -0.355 e. The highest BCUT2D eigenvalue weighted by Gasteiger charge is 2.42. The molecule has 2 N–H and O–H groups in total. The van der Waals surface area contributed by atoms with Crippen molar-refractivity contribution in [3.05, 3.63) is 0 Å². The number of thioether (sulfide) groups is 1. The molecule has 1 saturated carbocycles. The van der Waals surface area contributed by atoms with Gasteiger partial charge >= 0.3 is 0 Å². The Bertz CT molecular complexity index is 289. The zero-order valence-corrected chi connectivity index (χ0v) is 9.65. The Morgan fingerprint density at radius 3 is 2.87 bits per heavy atom. The van der Waals surface area contributed by atoms with Gasteiger partial charge in [0.2, 0.25) is 11.8 Å². The molecule has 0 bridgehead atoms. The lowest BCUT2D eigenvalue weighted by atomic mass is 10.1. The molecule has 4 nitrogen and oxygen atoms in total. The van der Waals surface area contributed by atoms with E-state index in [1.54, 1.807) is 0 Å². The van der Waals surface area contributed by atoms with E-state index < -0.39 is 0 Å². The Kier molecular flexibility index (Phi) is 2.91. The lowest BCUT2D eigenvalue weighted by Gasteiger charge is -2.14. The van der Waals surface area contributed by atoms with Crippen molar-refractivity contribution in [3.8, 4) is 0 Å². The number of hydrogen-bond acceptors (Lipinski definition) is 3. The number of rotatable bonds is 4. The third kappa shape index (κ3) is 2.45. The van der Waals surface area contributed by atoms with Gasteiger partial charge in [-0.25, -0.2) is 0 Å². The number of amides is 2. The fraction of sp³-hybridized carbons (Fsp3) is 0.800. The van der Waals surface area contributed by atoms with Crippen molar-refractivity contribution in [2.75, 3.05) is 19.3 Å². The van der Waals surface area contributed by atoms with Crippen LogP contribution in [-0.4, -0.2) is 35.9 Å². The first kappa shape index (κ1) is 10.8. The average molecular weight is 228 g/mol. The summed E-state index contributed by atoms with van der Waals surface area (Å²) in [5.41, 5.74) is 0. The van der Waals surface area contributed by atoms with Crippen LogP contribution in [0.2, 0.25) is 0 Å². The Balaban J connectivity index is 1.75. The van der Waals surface area contributed by atoms with E-state index in [0.29, 0.717) is 17.7 Å². The van der Waals surface area contributed by atoms with Gasteiger partial charge in [-0.2, -0.15) is 11.8 Å². The average Bonchev–Trinajstić information content (AvgIpc) is 2.90. The van der Waals surface area contributed by atoms with Crippen LogP contribution in [0.1, 0.15) is 19.3 Å². The van der Waals surface area contributed by atoms with Crippen LogP contribution in [0.3, 0.4) is 0 Å². The van der Waals surface area contributed by atoms with E-state index in [-0.39, 0.29) is 17.7 Å². The monoisotopic (exact) mass is 228 g/mol. The normalized spacial score (nSPS) is 27.3. The van der Waals surface area contributed by atoms with Gasteiger partial charge in [0.25, 0.3) is 0 Å². The van der Waals surface area contributed by atoms with Crippen molar-refractivity contribution in [2.45, 2.75) is 24.0 Å². The van der Waals surface area contributed by atoms with Crippen molar-refractivity contribution >= 4 is 23.6 Å². The molecule has 2 rings (SSSR count). The maximum atomic E-state index is 11.7. The van der Waals surface area contributed by atoms with E-state index in [2.05, 4.69) is 16.9 Å². The maximum absolute atomic E-state index is 11.7. The van der Waals surface area contributed by atoms with E-state index in [1.807, 2.05) is 11.8 Å². The molecule has 2 amide bonds. The molecule has 1 aliphatic heterocycles. The molecule has 0 radical (unpaired) electrons. The Morgan fingerprint density at radius 2 is 2.40 bits per heavy atom. The fourth-order valence-electron chi connectivity index (χ4n) is 1.78. The molecule has 0 aromatic heterocycles. The summed E-state index contributed by atoms with van der Waals surface area (Å²) >= 11 is 1.83. The second-order valence-corrected chi connectivity index (χ2v) is 5.58. The molecule has 5 heteroatoms. The number of nitrogens with one attached hydrogen (secondary N) is 2. The van der Waals surface area contributed by atoms with E-state index in [4.69, 9.17) is 0 Å². The first-order valence-electron chi connectivity index (χ1n) is 5.25. The minimum atomic E-state index is -0.157.